The van der Waals surface area contributed by atoms with E-state index in [0.717, 1.165) is 6.42 Å². The van der Waals surface area contributed by atoms with Crippen molar-refractivity contribution in [2.24, 2.45) is 10.8 Å². The van der Waals surface area contributed by atoms with Gasteiger partial charge in [0.2, 0.25) is 0 Å². The zero-order valence-corrected chi connectivity index (χ0v) is 13.3. The van der Waals surface area contributed by atoms with Crippen molar-refractivity contribution in [2.75, 3.05) is 0 Å². The molecule has 0 spiro atoms. The SMILES string of the molecule is CC1(C)C=C([B-](F)(F)F)CC(C)(C)C1.[K+]. The van der Waals surface area contributed by atoms with E-state index in [2.05, 4.69) is 0 Å². The molecule has 0 radical (unpaired) electrons. The standard InChI is InChI=1S/C10H17BF3.K/c1-9(2)5-8(11(12,13)14)6-10(3,4)7-9;/h5H,6-7H2,1-4H3;/q-1;+1. The predicted octanol–water partition coefficient (Wildman–Crippen LogP) is 1.15. The average molecular weight is 244 g/mol. The van der Waals surface area contributed by atoms with Gasteiger partial charge in [0.25, 0.3) is 0 Å². The van der Waals surface area contributed by atoms with Gasteiger partial charge in [0.1, 0.15) is 0 Å². The van der Waals surface area contributed by atoms with Gasteiger partial charge in [-0.25, -0.2) is 0 Å². The van der Waals surface area contributed by atoms with E-state index >= 15 is 0 Å². The van der Waals surface area contributed by atoms with Crippen molar-refractivity contribution in [1.29, 1.82) is 0 Å². The quantitative estimate of drug-likeness (QED) is 0.607. The smallest absolute Gasteiger partial charge is 0.445 e. The van der Waals surface area contributed by atoms with Gasteiger partial charge >= 0.3 is 58.4 Å². The maximum Gasteiger partial charge on any atom is 1.00 e. The van der Waals surface area contributed by atoms with E-state index in [1.165, 1.54) is 6.08 Å². The molecule has 1 aliphatic carbocycles. The van der Waals surface area contributed by atoms with E-state index in [9.17, 15) is 12.9 Å². The number of allylic oxidation sites excluding steroid dienone is 2. The first-order valence-corrected chi connectivity index (χ1v) is 4.93. The van der Waals surface area contributed by atoms with Crippen LogP contribution in [-0.2, 0) is 0 Å². The summed E-state index contributed by atoms with van der Waals surface area (Å²) in [5, 5.41) is 0. The van der Waals surface area contributed by atoms with Crippen LogP contribution in [0, 0.1) is 10.8 Å². The number of hydrogen-bond donors (Lipinski definition) is 0. The molecule has 0 bridgehead atoms. The first-order chi connectivity index (χ1) is 6.02. The van der Waals surface area contributed by atoms with Crippen LogP contribution in [-0.4, -0.2) is 6.98 Å². The van der Waals surface area contributed by atoms with E-state index in [4.69, 9.17) is 0 Å². The number of rotatable bonds is 1. The Bertz CT molecular complexity index is 266. The molecule has 0 aromatic carbocycles. The van der Waals surface area contributed by atoms with Crippen molar-refractivity contribution in [3.05, 3.63) is 11.5 Å². The third kappa shape index (κ3) is 4.94. The van der Waals surface area contributed by atoms with Gasteiger partial charge in [-0.3, -0.25) is 0 Å². The molecule has 0 saturated carbocycles. The minimum atomic E-state index is -4.79. The van der Waals surface area contributed by atoms with Crippen LogP contribution in [0.5, 0.6) is 0 Å². The van der Waals surface area contributed by atoms with Crippen LogP contribution in [0.25, 0.3) is 0 Å². The Morgan fingerprint density at radius 3 is 1.93 bits per heavy atom. The second-order valence-corrected chi connectivity index (χ2v) is 5.80. The Labute approximate surface area is 133 Å². The average Bonchev–Trinajstić information content (AvgIpc) is 1.76. The third-order valence-electron chi connectivity index (χ3n) is 2.61. The Morgan fingerprint density at radius 2 is 1.60 bits per heavy atom. The van der Waals surface area contributed by atoms with E-state index < -0.39 is 6.98 Å². The zero-order chi connectivity index (χ0) is 11.2. The van der Waals surface area contributed by atoms with Crippen LogP contribution in [0.15, 0.2) is 11.5 Å². The first kappa shape index (κ1) is 16.2. The van der Waals surface area contributed by atoms with Crippen molar-refractivity contribution >= 4 is 6.98 Å². The van der Waals surface area contributed by atoms with Crippen LogP contribution in [0.1, 0.15) is 40.5 Å². The molecular formula is C10H17BF3K. The second-order valence-electron chi connectivity index (χ2n) is 5.80. The molecule has 1 aliphatic rings. The molecule has 0 saturated heterocycles. The summed E-state index contributed by atoms with van der Waals surface area (Å²) in [4.78, 5) is 0. The largest absolute Gasteiger partial charge is 1.00 e. The Balaban J connectivity index is 0.00000196. The molecule has 0 aromatic rings. The Kier molecular flexibility index (Phi) is 5.24. The second kappa shape index (κ2) is 4.85. The van der Waals surface area contributed by atoms with Gasteiger partial charge in [-0.05, 0) is 17.3 Å². The molecule has 0 N–H and O–H groups in total. The molecular weight excluding hydrogens is 227 g/mol. The Hall–Kier alpha value is 1.23. The van der Waals surface area contributed by atoms with Gasteiger partial charge in [-0.15, -0.1) is 11.5 Å². The van der Waals surface area contributed by atoms with Gasteiger partial charge < -0.3 is 12.9 Å². The van der Waals surface area contributed by atoms with Gasteiger partial charge in [-0.1, -0.05) is 34.1 Å². The van der Waals surface area contributed by atoms with E-state index in [1.807, 2.05) is 27.7 Å². The number of hydrogen-bond acceptors (Lipinski definition) is 0. The minimum Gasteiger partial charge on any atom is -0.445 e. The van der Waals surface area contributed by atoms with Gasteiger partial charge in [0, 0.05) is 0 Å². The van der Waals surface area contributed by atoms with Gasteiger partial charge in [0.05, 0.1) is 0 Å². The summed E-state index contributed by atoms with van der Waals surface area (Å²) in [5.74, 6) is 0. The summed E-state index contributed by atoms with van der Waals surface area (Å²) >= 11 is 0. The maximum atomic E-state index is 12.6. The molecule has 0 aliphatic heterocycles. The predicted molar refractivity (Wildman–Crippen MR) is 54.0 cm³/mol. The van der Waals surface area contributed by atoms with Crippen LogP contribution in [0.3, 0.4) is 0 Å². The summed E-state index contributed by atoms with van der Waals surface area (Å²) in [6.07, 6.45) is 2.40. The fraction of sp³-hybridized carbons (Fsp3) is 0.800. The normalized spacial score (nSPS) is 24.1. The first-order valence-electron chi connectivity index (χ1n) is 4.93. The Morgan fingerprint density at radius 1 is 1.13 bits per heavy atom. The van der Waals surface area contributed by atoms with Crippen molar-refractivity contribution < 1.29 is 64.3 Å². The molecule has 1 rings (SSSR count). The van der Waals surface area contributed by atoms with Crippen LogP contribution in [0.4, 0.5) is 12.9 Å². The van der Waals surface area contributed by atoms with Gasteiger partial charge in [-0.2, -0.15) is 0 Å². The monoisotopic (exact) mass is 244 g/mol. The summed E-state index contributed by atoms with van der Waals surface area (Å²) in [6, 6.07) is 0. The van der Waals surface area contributed by atoms with Crippen LogP contribution >= 0.6 is 0 Å². The third-order valence-corrected chi connectivity index (χ3v) is 2.61. The topological polar surface area (TPSA) is 0 Å². The summed E-state index contributed by atoms with van der Waals surface area (Å²) in [6.45, 7) is 2.76. The van der Waals surface area contributed by atoms with Crippen molar-refractivity contribution in [3.63, 3.8) is 0 Å². The molecule has 0 fully saturated rings. The molecule has 15 heavy (non-hydrogen) atoms. The van der Waals surface area contributed by atoms with E-state index in [0.29, 0.717) is 0 Å². The maximum absolute atomic E-state index is 12.6. The van der Waals surface area contributed by atoms with Gasteiger partial charge in [0.15, 0.2) is 0 Å². The molecule has 0 unspecified atom stereocenters. The number of halogens is 3. The summed E-state index contributed by atoms with van der Waals surface area (Å²) < 4.78 is 37.9. The fourth-order valence-corrected chi connectivity index (χ4v) is 2.66. The molecule has 82 valence electrons. The molecule has 5 heteroatoms. The minimum absolute atomic E-state index is 0. The molecule has 0 amide bonds. The van der Waals surface area contributed by atoms with Crippen molar-refractivity contribution in [2.45, 2.75) is 40.5 Å². The molecule has 0 nitrogen and oxygen atoms in total. The molecule has 0 atom stereocenters. The van der Waals surface area contributed by atoms with E-state index in [1.54, 1.807) is 0 Å². The zero-order valence-electron chi connectivity index (χ0n) is 10.2. The van der Waals surface area contributed by atoms with Crippen molar-refractivity contribution in [1.82, 2.24) is 0 Å². The summed E-state index contributed by atoms with van der Waals surface area (Å²) in [5.41, 5.74) is -0.856. The fourth-order valence-electron chi connectivity index (χ4n) is 2.66. The van der Waals surface area contributed by atoms with E-state index in [-0.39, 0.29) is 74.1 Å². The summed E-state index contributed by atoms with van der Waals surface area (Å²) in [7, 11) is 0. The van der Waals surface area contributed by atoms with Crippen molar-refractivity contribution in [3.8, 4) is 0 Å². The van der Waals surface area contributed by atoms with Crippen LogP contribution < -0.4 is 51.4 Å². The van der Waals surface area contributed by atoms with Crippen LogP contribution in [0.2, 0.25) is 0 Å². The molecule has 0 aromatic heterocycles. The molecule has 0 heterocycles.